The minimum absolute atomic E-state index is 0.192. The fourth-order valence-electron chi connectivity index (χ4n) is 0.857. The Bertz CT molecular complexity index is 92.2. The molecule has 0 saturated carbocycles. The summed E-state index contributed by atoms with van der Waals surface area (Å²) < 4.78 is 5.58. The standard InChI is InChI=1S/C9H21NO/c1-5-8(6-2)11-7-9(3,4)10/h8H,5-7,10H2,1-4H3. The Kier molecular flexibility index (Phi) is 4.69. The summed E-state index contributed by atoms with van der Waals surface area (Å²) in [6.45, 7) is 8.89. The predicted molar refractivity (Wildman–Crippen MR) is 48.6 cm³/mol. The molecule has 0 unspecified atom stereocenters. The first-order valence-corrected chi connectivity index (χ1v) is 4.40. The molecule has 0 aromatic rings. The van der Waals surface area contributed by atoms with Gasteiger partial charge in [0.05, 0.1) is 12.7 Å². The second kappa shape index (κ2) is 4.73. The van der Waals surface area contributed by atoms with Crippen molar-refractivity contribution in [2.45, 2.75) is 52.2 Å². The Labute approximate surface area is 70.1 Å². The first kappa shape index (κ1) is 10.9. The second-order valence-electron chi connectivity index (χ2n) is 3.74. The molecule has 0 fully saturated rings. The maximum atomic E-state index is 5.77. The van der Waals surface area contributed by atoms with Crippen LogP contribution < -0.4 is 5.73 Å². The van der Waals surface area contributed by atoms with E-state index in [9.17, 15) is 0 Å². The Morgan fingerprint density at radius 3 is 2.00 bits per heavy atom. The fourth-order valence-corrected chi connectivity index (χ4v) is 0.857. The molecule has 11 heavy (non-hydrogen) atoms. The van der Waals surface area contributed by atoms with Crippen LogP contribution in [0.25, 0.3) is 0 Å². The number of rotatable bonds is 5. The highest BCUT2D eigenvalue weighted by Crippen LogP contribution is 2.06. The number of nitrogens with two attached hydrogens (primary N) is 1. The highest BCUT2D eigenvalue weighted by molar-refractivity contribution is 4.71. The van der Waals surface area contributed by atoms with Gasteiger partial charge >= 0.3 is 0 Å². The molecule has 0 aromatic carbocycles. The molecule has 0 aliphatic carbocycles. The highest BCUT2D eigenvalue weighted by atomic mass is 16.5. The van der Waals surface area contributed by atoms with Crippen molar-refractivity contribution in [1.82, 2.24) is 0 Å². The topological polar surface area (TPSA) is 35.2 Å². The Morgan fingerprint density at radius 2 is 1.73 bits per heavy atom. The average Bonchev–Trinajstić information content (AvgIpc) is 1.88. The van der Waals surface area contributed by atoms with Crippen LogP contribution in [0, 0.1) is 0 Å². The average molecular weight is 159 g/mol. The summed E-state index contributed by atoms with van der Waals surface area (Å²) in [7, 11) is 0. The van der Waals surface area contributed by atoms with Crippen molar-refractivity contribution in [2.75, 3.05) is 6.61 Å². The van der Waals surface area contributed by atoms with Crippen LogP contribution in [0.3, 0.4) is 0 Å². The van der Waals surface area contributed by atoms with Crippen molar-refractivity contribution in [3.8, 4) is 0 Å². The zero-order chi connectivity index (χ0) is 8.91. The lowest BCUT2D eigenvalue weighted by Gasteiger charge is -2.22. The lowest BCUT2D eigenvalue weighted by atomic mass is 10.1. The van der Waals surface area contributed by atoms with Gasteiger partial charge in [0.1, 0.15) is 0 Å². The van der Waals surface area contributed by atoms with Gasteiger partial charge in [0.25, 0.3) is 0 Å². The maximum Gasteiger partial charge on any atom is 0.0644 e. The third kappa shape index (κ3) is 6.32. The zero-order valence-corrected chi connectivity index (χ0v) is 8.18. The van der Waals surface area contributed by atoms with E-state index in [0.717, 1.165) is 12.8 Å². The van der Waals surface area contributed by atoms with E-state index in [1.165, 1.54) is 0 Å². The van der Waals surface area contributed by atoms with Gasteiger partial charge in [-0.3, -0.25) is 0 Å². The molecule has 2 N–H and O–H groups in total. The molecule has 0 rings (SSSR count). The predicted octanol–water partition coefficient (Wildman–Crippen LogP) is 1.93. The lowest BCUT2D eigenvalue weighted by molar-refractivity contribution is 0.0235. The number of hydrogen-bond donors (Lipinski definition) is 1. The Hall–Kier alpha value is -0.0800. The summed E-state index contributed by atoms with van der Waals surface area (Å²) in [6.07, 6.45) is 2.54. The van der Waals surface area contributed by atoms with Crippen LogP contribution in [0.15, 0.2) is 0 Å². The molecule has 0 atom stereocenters. The highest BCUT2D eigenvalue weighted by Gasteiger charge is 2.13. The quantitative estimate of drug-likeness (QED) is 0.665. The summed E-state index contributed by atoms with van der Waals surface area (Å²) in [5.74, 6) is 0. The fraction of sp³-hybridized carbons (Fsp3) is 1.00. The van der Waals surface area contributed by atoms with Gasteiger partial charge in [0.15, 0.2) is 0 Å². The van der Waals surface area contributed by atoms with Gasteiger partial charge in [-0.25, -0.2) is 0 Å². The molecule has 0 saturated heterocycles. The van der Waals surface area contributed by atoms with Gasteiger partial charge in [-0.2, -0.15) is 0 Å². The smallest absolute Gasteiger partial charge is 0.0644 e. The minimum Gasteiger partial charge on any atom is -0.376 e. The molecule has 0 heterocycles. The summed E-state index contributed by atoms with van der Waals surface area (Å²) in [4.78, 5) is 0. The van der Waals surface area contributed by atoms with Crippen LogP contribution in [-0.4, -0.2) is 18.2 Å². The van der Waals surface area contributed by atoms with Crippen LogP contribution in [0.5, 0.6) is 0 Å². The first-order valence-electron chi connectivity index (χ1n) is 4.40. The molecule has 0 aromatic heterocycles. The van der Waals surface area contributed by atoms with Crippen molar-refractivity contribution in [2.24, 2.45) is 5.73 Å². The summed E-state index contributed by atoms with van der Waals surface area (Å²) in [6, 6.07) is 0. The van der Waals surface area contributed by atoms with Crippen molar-refractivity contribution in [1.29, 1.82) is 0 Å². The normalized spacial score (nSPS) is 12.5. The molecule has 2 heteroatoms. The maximum absolute atomic E-state index is 5.77. The monoisotopic (exact) mass is 159 g/mol. The molecule has 68 valence electrons. The minimum atomic E-state index is -0.192. The molecule has 0 bridgehead atoms. The molecule has 0 spiro atoms. The van der Waals surface area contributed by atoms with E-state index in [1.54, 1.807) is 0 Å². The van der Waals surface area contributed by atoms with E-state index in [-0.39, 0.29) is 5.54 Å². The van der Waals surface area contributed by atoms with E-state index in [1.807, 2.05) is 13.8 Å². The molecule has 0 radical (unpaired) electrons. The van der Waals surface area contributed by atoms with Crippen molar-refractivity contribution in [3.63, 3.8) is 0 Å². The summed E-state index contributed by atoms with van der Waals surface area (Å²) in [5, 5.41) is 0. The molecule has 0 aliphatic rings. The van der Waals surface area contributed by atoms with Crippen molar-refractivity contribution in [3.05, 3.63) is 0 Å². The largest absolute Gasteiger partial charge is 0.376 e. The third-order valence-electron chi connectivity index (χ3n) is 1.60. The number of hydrogen-bond acceptors (Lipinski definition) is 2. The molecule has 2 nitrogen and oxygen atoms in total. The van der Waals surface area contributed by atoms with Gasteiger partial charge < -0.3 is 10.5 Å². The van der Waals surface area contributed by atoms with Crippen LogP contribution in [0.2, 0.25) is 0 Å². The Morgan fingerprint density at radius 1 is 1.27 bits per heavy atom. The van der Waals surface area contributed by atoms with Crippen LogP contribution in [0.4, 0.5) is 0 Å². The molecular formula is C9H21NO. The second-order valence-corrected chi connectivity index (χ2v) is 3.74. The van der Waals surface area contributed by atoms with E-state index >= 15 is 0 Å². The van der Waals surface area contributed by atoms with Crippen molar-refractivity contribution >= 4 is 0 Å². The van der Waals surface area contributed by atoms with Crippen molar-refractivity contribution < 1.29 is 4.74 Å². The first-order chi connectivity index (χ1) is 4.99. The molecular weight excluding hydrogens is 138 g/mol. The van der Waals surface area contributed by atoms with Gasteiger partial charge in [0, 0.05) is 5.54 Å². The van der Waals surface area contributed by atoms with Gasteiger partial charge in [0.2, 0.25) is 0 Å². The van der Waals surface area contributed by atoms with Gasteiger partial charge in [-0.1, -0.05) is 13.8 Å². The van der Waals surface area contributed by atoms with Gasteiger partial charge in [-0.15, -0.1) is 0 Å². The Balaban J connectivity index is 3.51. The van der Waals surface area contributed by atoms with Crippen LogP contribution in [0.1, 0.15) is 40.5 Å². The molecule has 0 aliphatic heterocycles. The summed E-state index contributed by atoms with van der Waals surface area (Å²) >= 11 is 0. The van der Waals surface area contributed by atoms with E-state index in [0.29, 0.717) is 12.7 Å². The zero-order valence-electron chi connectivity index (χ0n) is 8.18. The van der Waals surface area contributed by atoms with E-state index < -0.39 is 0 Å². The third-order valence-corrected chi connectivity index (χ3v) is 1.60. The van der Waals surface area contributed by atoms with E-state index in [4.69, 9.17) is 10.5 Å². The number of ether oxygens (including phenoxy) is 1. The lowest BCUT2D eigenvalue weighted by Crippen LogP contribution is -2.38. The van der Waals surface area contributed by atoms with Crippen LogP contribution >= 0.6 is 0 Å². The van der Waals surface area contributed by atoms with E-state index in [2.05, 4.69) is 13.8 Å². The summed E-state index contributed by atoms with van der Waals surface area (Å²) in [5.41, 5.74) is 5.58. The SMILES string of the molecule is CCC(CC)OCC(C)(C)N. The molecule has 0 amide bonds. The van der Waals surface area contributed by atoms with Gasteiger partial charge in [-0.05, 0) is 26.7 Å². The van der Waals surface area contributed by atoms with Crippen LogP contribution in [-0.2, 0) is 4.74 Å².